The lowest BCUT2D eigenvalue weighted by molar-refractivity contribution is -0.114. The number of hydrogen-bond acceptors (Lipinski definition) is 5. The predicted octanol–water partition coefficient (Wildman–Crippen LogP) is 3.22. The van der Waals surface area contributed by atoms with Crippen molar-refractivity contribution < 1.29 is 4.79 Å². The minimum Gasteiger partial charge on any atom is -0.382 e. The van der Waals surface area contributed by atoms with E-state index in [0.717, 1.165) is 11.1 Å². The highest BCUT2D eigenvalue weighted by Crippen LogP contribution is 2.27. The van der Waals surface area contributed by atoms with Crippen LogP contribution >= 0.6 is 0 Å². The molecular formula is C19H15N5O. The van der Waals surface area contributed by atoms with Gasteiger partial charge in [0.05, 0.1) is 23.5 Å². The van der Waals surface area contributed by atoms with Gasteiger partial charge in [0.2, 0.25) is 5.91 Å². The van der Waals surface area contributed by atoms with Crippen LogP contribution in [0.25, 0.3) is 22.5 Å². The van der Waals surface area contributed by atoms with Gasteiger partial charge >= 0.3 is 0 Å². The number of rotatable bonds is 3. The number of carbonyl (C=O) groups is 1. The summed E-state index contributed by atoms with van der Waals surface area (Å²) in [5, 5.41) is 11.6. The topological polar surface area (TPSA) is 105 Å². The third kappa shape index (κ3) is 3.62. The maximum absolute atomic E-state index is 11.2. The van der Waals surface area contributed by atoms with E-state index in [-0.39, 0.29) is 5.91 Å². The largest absolute Gasteiger partial charge is 0.382 e. The van der Waals surface area contributed by atoms with Crippen LogP contribution in [0.1, 0.15) is 12.5 Å². The maximum Gasteiger partial charge on any atom is 0.221 e. The Bertz CT molecular complexity index is 974. The molecule has 0 saturated heterocycles. The van der Waals surface area contributed by atoms with E-state index in [1.807, 2.05) is 24.3 Å². The van der Waals surface area contributed by atoms with Gasteiger partial charge in [-0.3, -0.25) is 4.79 Å². The minimum atomic E-state index is -0.150. The average molecular weight is 329 g/mol. The number of nitrogens with zero attached hydrogens (tertiary/aromatic N) is 3. The number of nitrogens with two attached hydrogens (primary N) is 1. The van der Waals surface area contributed by atoms with Crippen molar-refractivity contribution in [3.05, 3.63) is 60.3 Å². The van der Waals surface area contributed by atoms with Gasteiger partial charge in [0.25, 0.3) is 0 Å². The molecule has 1 heterocycles. The molecule has 0 spiro atoms. The first kappa shape index (κ1) is 16.1. The van der Waals surface area contributed by atoms with E-state index in [0.29, 0.717) is 28.5 Å². The average Bonchev–Trinajstić information content (AvgIpc) is 2.62. The Kier molecular flexibility index (Phi) is 4.40. The van der Waals surface area contributed by atoms with Crippen LogP contribution in [0.4, 0.5) is 11.5 Å². The number of anilines is 2. The van der Waals surface area contributed by atoms with Crippen LogP contribution in [0.2, 0.25) is 0 Å². The number of benzene rings is 2. The fourth-order valence-corrected chi connectivity index (χ4v) is 2.41. The van der Waals surface area contributed by atoms with Gasteiger partial charge in [-0.25, -0.2) is 9.97 Å². The van der Waals surface area contributed by atoms with Gasteiger partial charge in [-0.05, 0) is 24.3 Å². The zero-order chi connectivity index (χ0) is 17.8. The van der Waals surface area contributed by atoms with Crippen molar-refractivity contribution in [1.82, 2.24) is 9.97 Å². The molecule has 25 heavy (non-hydrogen) atoms. The molecule has 3 rings (SSSR count). The van der Waals surface area contributed by atoms with E-state index in [2.05, 4.69) is 21.4 Å². The first-order valence-electron chi connectivity index (χ1n) is 7.58. The summed E-state index contributed by atoms with van der Waals surface area (Å²) in [6.07, 6.45) is 1.60. The number of carbonyl (C=O) groups excluding carboxylic acids is 1. The Balaban J connectivity index is 2.02. The highest BCUT2D eigenvalue weighted by Gasteiger charge is 2.10. The van der Waals surface area contributed by atoms with Crippen LogP contribution in [0.5, 0.6) is 0 Å². The molecule has 0 aliphatic rings. The van der Waals surface area contributed by atoms with Gasteiger partial charge in [-0.15, -0.1) is 0 Å². The normalized spacial score (nSPS) is 10.1. The van der Waals surface area contributed by atoms with Gasteiger partial charge in [0.1, 0.15) is 11.5 Å². The Morgan fingerprint density at radius 2 is 1.92 bits per heavy atom. The molecule has 6 nitrogen and oxygen atoms in total. The molecule has 1 amide bonds. The van der Waals surface area contributed by atoms with Crippen molar-refractivity contribution >= 4 is 17.4 Å². The Labute approximate surface area is 145 Å². The summed E-state index contributed by atoms with van der Waals surface area (Å²) >= 11 is 0. The molecule has 2 aromatic carbocycles. The van der Waals surface area contributed by atoms with Gasteiger partial charge in [0.15, 0.2) is 0 Å². The molecule has 0 atom stereocenters. The molecule has 6 heteroatoms. The molecule has 0 fully saturated rings. The number of nitrogens with one attached hydrogen (secondary N) is 1. The molecule has 3 aromatic rings. The molecule has 0 radical (unpaired) electrons. The second-order valence-electron chi connectivity index (χ2n) is 5.44. The molecule has 0 saturated carbocycles. The van der Waals surface area contributed by atoms with E-state index in [4.69, 9.17) is 11.0 Å². The lowest BCUT2D eigenvalue weighted by Crippen LogP contribution is -2.06. The highest BCUT2D eigenvalue weighted by molar-refractivity contribution is 5.89. The van der Waals surface area contributed by atoms with Crippen LogP contribution in [0.3, 0.4) is 0 Å². The van der Waals surface area contributed by atoms with Gasteiger partial charge in [-0.1, -0.05) is 24.3 Å². The lowest BCUT2D eigenvalue weighted by Gasteiger charge is -2.09. The third-order valence-corrected chi connectivity index (χ3v) is 3.57. The van der Waals surface area contributed by atoms with Crippen molar-refractivity contribution in [2.45, 2.75) is 6.92 Å². The van der Waals surface area contributed by atoms with Gasteiger partial charge in [-0.2, -0.15) is 5.26 Å². The molecule has 3 N–H and O–H groups in total. The van der Waals surface area contributed by atoms with E-state index in [1.165, 1.54) is 6.92 Å². The fourth-order valence-electron chi connectivity index (χ4n) is 2.41. The number of hydrogen-bond donors (Lipinski definition) is 2. The van der Waals surface area contributed by atoms with Gasteiger partial charge < -0.3 is 11.1 Å². The number of nitrogen functional groups attached to an aromatic ring is 1. The van der Waals surface area contributed by atoms with Crippen molar-refractivity contribution in [2.75, 3.05) is 11.1 Å². The summed E-state index contributed by atoms with van der Waals surface area (Å²) in [5.41, 5.74) is 10.0. The second kappa shape index (κ2) is 6.81. The maximum atomic E-state index is 11.2. The van der Waals surface area contributed by atoms with Crippen LogP contribution in [0, 0.1) is 11.3 Å². The Morgan fingerprint density at radius 3 is 2.60 bits per heavy atom. The Morgan fingerprint density at radius 1 is 1.16 bits per heavy atom. The minimum absolute atomic E-state index is 0.150. The first-order chi connectivity index (χ1) is 12.1. The summed E-state index contributed by atoms with van der Waals surface area (Å²) in [4.78, 5) is 20.1. The molecule has 0 aliphatic carbocycles. The second-order valence-corrected chi connectivity index (χ2v) is 5.44. The summed E-state index contributed by atoms with van der Waals surface area (Å²) in [6, 6.07) is 16.4. The molecule has 0 bridgehead atoms. The van der Waals surface area contributed by atoms with Crippen LogP contribution < -0.4 is 11.1 Å². The smallest absolute Gasteiger partial charge is 0.221 e. The lowest BCUT2D eigenvalue weighted by atomic mass is 10.1. The van der Waals surface area contributed by atoms with E-state index >= 15 is 0 Å². The summed E-state index contributed by atoms with van der Waals surface area (Å²) in [7, 11) is 0. The van der Waals surface area contributed by atoms with E-state index in [1.54, 1.807) is 30.5 Å². The molecule has 122 valence electrons. The molecular weight excluding hydrogens is 314 g/mol. The van der Waals surface area contributed by atoms with E-state index < -0.39 is 0 Å². The van der Waals surface area contributed by atoms with Crippen molar-refractivity contribution in [3.8, 4) is 28.6 Å². The fraction of sp³-hybridized carbons (Fsp3) is 0.0526. The number of aromatic nitrogens is 2. The summed E-state index contributed by atoms with van der Waals surface area (Å²) < 4.78 is 0. The van der Waals surface area contributed by atoms with Crippen molar-refractivity contribution in [2.24, 2.45) is 0 Å². The number of nitriles is 1. The molecule has 0 unspecified atom stereocenters. The highest BCUT2D eigenvalue weighted by atomic mass is 16.1. The summed E-state index contributed by atoms with van der Waals surface area (Å²) in [6.45, 7) is 1.45. The zero-order valence-electron chi connectivity index (χ0n) is 13.5. The zero-order valence-corrected chi connectivity index (χ0v) is 13.5. The van der Waals surface area contributed by atoms with Crippen LogP contribution in [-0.2, 0) is 4.79 Å². The Hall–Kier alpha value is -3.72. The quantitative estimate of drug-likeness (QED) is 0.767. The van der Waals surface area contributed by atoms with Crippen LogP contribution in [-0.4, -0.2) is 15.9 Å². The first-order valence-corrected chi connectivity index (χ1v) is 7.58. The van der Waals surface area contributed by atoms with Crippen molar-refractivity contribution in [3.63, 3.8) is 0 Å². The third-order valence-electron chi connectivity index (χ3n) is 3.57. The van der Waals surface area contributed by atoms with Crippen molar-refractivity contribution in [1.29, 1.82) is 5.26 Å². The standard InChI is InChI=1S/C19H15N5O/c1-12(25)23-16-4-2-3-15(9-16)18-19(21)22-11-17(24-18)14-7-5-13(10-20)6-8-14/h2-9,11H,1H3,(H2,21,22)(H,23,25). The predicted molar refractivity (Wildman–Crippen MR) is 96.3 cm³/mol. The SMILES string of the molecule is CC(=O)Nc1cccc(-c2nc(-c3ccc(C#N)cc3)cnc2N)c1. The van der Waals surface area contributed by atoms with Gasteiger partial charge in [0, 0.05) is 23.7 Å². The summed E-state index contributed by atoms with van der Waals surface area (Å²) in [5.74, 6) is 0.153. The van der Waals surface area contributed by atoms with E-state index in [9.17, 15) is 4.79 Å². The number of amides is 1. The monoisotopic (exact) mass is 329 g/mol. The van der Waals surface area contributed by atoms with Crippen LogP contribution in [0.15, 0.2) is 54.7 Å². The molecule has 1 aromatic heterocycles. The molecule has 0 aliphatic heterocycles.